The summed E-state index contributed by atoms with van der Waals surface area (Å²) in [4.78, 5) is 4.23. The van der Waals surface area contributed by atoms with Crippen LogP contribution in [0.25, 0.3) is 0 Å². The Labute approximate surface area is 100 Å². The molecule has 0 saturated carbocycles. The Hall–Kier alpha value is -1.35. The van der Waals surface area contributed by atoms with E-state index >= 15 is 0 Å². The van der Waals surface area contributed by atoms with Crippen molar-refractivity contribution >= 4 is 16.5 Å². The van der Waals surface area contributed by atoms with Crippen molar-refractivity contribution in [2.24, 2.45) is 0 Å². The average molecular weight is 232 g/mol. The zero-order chi connectivity index (χ0) is 11.5. The van der Waals surface area contributed by atoms with Crippen molar-refractivity contribution in [3.8, 4) is 0 Å². The SMILES string of the molecule is Cc1ccc(C(C)Nc2nccs2)cc1C. The van der Waals surface area contributed by atoms with Gasteiger partial charge in [-0.2, -0.15) is 0 Å². The third kappa shape index (κ3) is 2.42. The van der Waals surface area contributed by atoms with Crippen molar-refractivity contribution < 1.29 is 0 Å². The van der Waals surface area contributed by atoms with Crippen LogP contribution in [0.4, 0.5) is 5.13 Å². The Balaban J connectivity index is 2.14. The van der Waals surface area contributed by atoms with E-state index in [0.717, 1.165) is 5.13 Å². The quantitative estimate of drug-likeness (QED) is 0.867. The van der Waals surface area contributed by atoms with Gasteiger partial charge < -0.3 is 5.32 Å². The van der Waals surface area contributed by atoms with Gasteiger partial charge in [-0.1, -0.05) is 18.2 Å². The number of thiazole rings is 1. The molecule has 2 rings (SSSR count). The highest BCUT2D eigenvalue weighted by Gasteiger charge is 2.07. The molecule has 0 radical (unpaired) electrons. The van der Waals surface area contributed by atoms with E-state index in [2.05, 4.69) is 49.3 Å². The van der Waals surface area contributed by atoms with Gasteiger partial charge in [-0.25, -0.2) is 4.98 Å². The summed E-state index contributed by atoms with van der Waals surface area (Å²) in [6.45, 7) is 6.44. The smallest absolute Gasteiger partial charge is 0.183 e. The molecule has 1 aromatic heterocycles. The lowest BCUT2D eigenvalue weighted by atomic mass is 10.0. The van der Waals surface area contributed by atoms with Crippen molar-refractivity contribution in [3.05, 3.63) is 46.5 Å². The molecule has 0 amide bonds. The molecule has 1 unspecified atom stereocenters. The minimum atomic E-state index is 0.297. The maximum Gasteiger partial charge on any atom is 0.183 e. The van der Waals surface area contributed by atoms with Gasteiger partial charge in [0.05, 0.1) is 6.04 Å². The van der Waals surface area contributed by atoms with Crippen LogP contribution in [0.15, 0.2) is 29.8 Å². The Bertz CT molecular complexity index is 463. The molecule has 0 saturated heterocycles. The molecule has 1 aromatic carbocycles. The van der Waals surface area contributed by atoms with Gasteiger partial charge in [0.25, 0.3) is 0 Å². The van der Waals surface area contributed by atoms with Gasteiger partial charge in [0.1, 0.15) is 0 Å². The molecule has 0 aliphatic carbocycles. The summed E-state index contributed by atoms with van der Waals surface area (Å²) in [6.07, 6.45) is 1.82. The first kappa shape index (κ1) is 11.1. The highest BCUT2D eigenvalue weighted by molar-refractivity contribution is 7.13. The number of benzene rings is 1. The van der Waals surface area contributed by atoms with Crippen molar-refractivity contribution in [2.45, 2.75) is 26.8 Å². The number of nitrogens with one attached hydrogen (secondary N) is 1. The number of hydrogen-bond acceptors (Lipinski definition) is 3. The van der Waals surface area contributed by atoms with Crippen molar-refractivity contribution in [1.82, 2.24) is 4.98 Å². The van der Waals surface area contributed by atoms with E-state index in [0.29, 0.717) is 6.04 Å². The predicted octanol–water partition coefficient (Wildman–Crippen LogP) is 3.93. The lowest BCUT2D eigenvalue weighted by Crippen LogP contribution is -2.06. The molecule has 84 valence electrons. The van der Waals surface area contributed by atoms with Crippen LogP contribution in [0.2, 0.25) is 0 Å². The highest BCUT2D eigenvalue weighted by Crippen LogP contribution is 2.22. The number of hydrogen-bond donors (Lipinski definition) is 1. The van der Waals surface area contributed by atoms with Gasteiger partial charge in [0, 0.05) is 11.6 Å². The summed E-state index contributed by atoms with van der Waals surface area (Å²) in [5, 5.41) is 6.35. The molecule has 1 heterocycles. The zero-order valence-electron chi connectivity index (χ0n) is 9.82. The summed E-state index contributed by atoms with van der Waals surface area (Å²) in [5.41, 5.74) is 3.98. The van der Waals surface area contributed by atoms with Gasteiger partial charge in [-0.15, -0.1) is 11.3 Å². The van der Waals surface area contributed by atoms with Gasteiger partial charge >= 0.3 is 0 Å². The van der Waals surface area contributed by atoms with Gasteiger partial charge in [-0.3, -0.25) is 0 Å². The van der Waals surface area contributed by atoms with Crippen LogP contribution in [0, 0.1) is 13.8 Å². The molecule has 1 atom stereocenters. The van der Waals surface area contributed by atoms with E-state index in [9.17, 15) is 0 Å². The molecule has 1 N–H and O–H groups in total. The van der Waals surface area contributed by atoms with Gasteiger partial charge in [-0.05, 0) is 37.5 Å². The molecule has 3 heteroatoms. The molecular weight excluding hydrogens is 216 g/mol. The van der Waals surface area contributed by atoms with E-state index in [-0.39, 0.29) is 0 Å². The standard InChI is InChI=1S/C13H16N2S/c1-9-4-5-12(8-10(9)2)11(3)15-13-14-6-7-16-13/h4-8,11H,1-3H3,(H,14,15). The number of anilines is 1. The molecular formula is C13H16N2S. The van der Waals surface area contributed by atoms with Crippen LogP contribution in [0.5, 0.6) is 0 Å². The molecule has 16 heavy (non-hydrogen) atoms. The minimum Gasteiger partial charge on any atom is -0.355 e. The molecule has 0 aliphatic rings. The van der Waals surface area contributed by atoms with Crippen LogP contribution in [-0.2, 0) is 0 Å². The summed E-state index contributed by atoms with van der Waals surface area (Å²) >= 11 is 1.63. The second-order valence-electron chi connectivity index (χ2n) is 4.05. The normalized spacial score (nSPS) is 12.4. The van der Waals surface area contributed by atoms with Crippen molar-refractivity contribution in [2.75, 3.05) is 5.32 Å². The van der Waals surface area contributed by atoms with Crippen molar-refractivity contribution in [1.29, 1.82) is 0 Å². The maximum absolute atomic E-state index is 4.23. The van der Waals surface area contributed by atoms with Gasteiger partial charge in [0.2, 0.25) is 0 Å². The fourth-order valence-corrected chi connectivity index (χ4v) is 2.21. The first-order valence-electron chi connectivity index (χ1n) is 5.40. The third-order valence-electron chi connectivity index (χ3n) is 2.80. The summed E-state index contributed by atoms with van der Waals surface area (Å²) in [6, 6.07) is 6.88. The number of rotatable bonds is 3. The summed E-state index contributed by atoms with van der Waals surface area (Å²) in [7, 11) is 0. The second-order valence-corrected chi connectivity index (χ2v) is 4.94. The Kier molecular flexibility index (Phi) is 3.25. The monoisotopic (exact) mass is 232 g/mol. The van der Waals surface area contributed by atoms with E-state index in [4.69, 9.17) is 0 Å². The Morgan fingerprint density at radius 3 is 2.69 bits per heavy atom. The second kappa shape index (κ2) is 4.66. The van der Waals surface area contributed by atoms with E-state index in [1.54, 1.807) is 11.3 Å². The van der Waals surface area contributed by atoms with E-state index < -0.39 is 0 Å². The lowest BCUT2D eigenvalue weighted by Gasteiger charge is -2.14. The molecule has 2 aromatic rings. The number of aromatic nitrogens is 1. The van der Waals surface area contributed by atoms with Crippen LogP contribution in [0.1, 0.15) is 29.7 Å². The van der Waals surface area contributed by atoms with E-state index in [1.807, 2.05) is 11.6 Å². The molecule has 0 aliphatic heterocycles. The molecule has 0 spiro atoms. The van der Waals surface area contributed by atoms with Gasteiger partial charge in [0.15, 0.2) is 5.13 Å². The first-order valence-corrected chi connectivity index (χ1v) is 6.28. The van der Waals surface area contributed by atoms with Crippen LogP contribution < -0.4 is 5.32 Å². The molecule has 0 fully saturated rings. The minimum absolute atomic E-state index is 0.297. The number of nitrogens with zero attached hydrogens (tertiary/aromatic N) is 1. The summed E-state index contributed by atoms with van der Waals surface area (Å²) in [5.74, 6) is 0. The van der Waals surface area contributed by atoms with Crippen LogP contribution >= 0.6 is 11.3 Å². The van der Waals surface area contributed by atoms with E-state index in [1.165, 1.54) is 16.7 Å². The fraction of sp³-hybridized carbons (Fsp3) is 0.308. The first-order chi connectivity index (χ1) is 7.66. The van der Waals surface area contributed by atoms with Crippen molar-refractivity contribution in [3.63, 3.8) is 0 Å². The maximum atomic E-state index is 4.23. The highest BCUT2D eigenvalue weighted by atomic mass is 32.1. The molecule has 2 nitrogen and oxygen atoms in total. The zero-order valence-corrected chi connectivity index (χ0v) is 10.6. The predicted molar refractivity (Wildman–Crippen MR) is 70.1 cm³/mol. The fourth-order valence-electron chi connectivity index (χ4n) is 1.60. The van der Waals surface area contributed by atoms with Crippen LogP contribution in [0.3, 0.4) is 0 Å². The lowest BCUT2D eigenvalue weighted by molar-refractivity contribution is 0.878. The Morgan fingerprint density at radius 1 is 1.25 bits per heavy atom. The third-order valence-corrected chi connectivity index (χ3v) is 3.51. The molecule has 0 bridgehead atoms. The number of aryl methyl sites for hydroxylation is 2. The average Bonchev–Trinajstić information content (AvgIpc) is 2.74. The van der Waals surface area contributed by atoms with Crippen LogP contribution in [-0.4, -0.2) is 4.98 Å². The largest absolute Gasteiger partial charge is 0.355 e. The topological polar surface area (TPSA) is 24.9 Å². The Morgan fingerprint density at radius 2 is 2.06 bits per heavy atom. The summed E-state index contributed by atoms with van der Waals surface area (Å²) < 4.78 is 0.